The maximum atomic E-state index is 12.2. The van der Waals surface area contributed by atoms with Gasteiger partial charge in [-0.2, -0.15) is 0 Å². The Morgan fingerprint density at radius 2 is 1.96 bits per heavy atom. The summed E-state index contributed by atoms with van der Waals surface area (Å²) in [6.45, 7) is 2.13. The minimum atomic E-state index is 0. The van der Waals surface area contributed by atoms with Crippen molar-refractivity contribution in [3.8, 4) is 5.75 Å². The van der Waals surface area contributed by atoms with E-state index in [2.05, 4.69) is 0 Å². The number of likely N-dealkylation sites (tertiary alicyclic amines) is 1. The molecule has 1 fully saturated rings. The number of nitrogens with two attached hydrogens (primary N) is 1. The molecule has 1 aromatic carbocycles. The van der Waals surface area contributed by atoms with E-state index in [-0.39, 0.29) is 24.4 Å². The van der Waals surface area contributed by atoms with Gasteiger partial charge in [-0.1, -0.05) is 36.0 Å². The van der Waals surface area contributed by atoms with Crippen molar-refractivity contribution in [2.45, 2.75) is 44.6 Å². The Balaban J connectivity index is 0.00000288. The Kier molecular flexibility index (Phi) is 9.82. The van der Waals surface area contributed by atoms with Crippen LogP contribution in [0.4, 0.5) is 0 Å². The van der Waals surface area contributed by atoms with Gasteiger partial charge in [0.05, 0.1) is 16.6 Å². The van der Waals surface area contributed by atoms with Crippen LogP contribution in [-0.4, -0.2) is 36.5 Å². The number of halogens is 3. The molecule has 0 bridgehead atoms. The second-order valence-corrected chi connectivity index (χ2v) is 6.71. The lowest BCUT2D eigenvalue weighted by Gasteiger charge is -2.17. The summed E-state index contributed by atoms with van der Waals surface area (Å²) in [5.41, 5.74) is 5.46. The van der Waals surface area contributed by atoms with Crippen LogP contribution < -0.4 is 10.5 Å². The van der Waals surface area contributed by atoms with E-state index < -0.39 is 0 Å². The number of unbranched alkanes of at least 4 members (excludes halogenated alkanes) is 3. The molecule has 24 heavy (non-hydrogen) atoms. The fourth-order valence-electron chi connectivity index (χ4n) is 2.73. The molecule has 1 atom stereocenters. The maximum Gasteiger partial charge on any atom is 0.222 e. The molecule has 7 heteroatoms. The Labute approximate surface area is 160 Å². The normalized spacial score (nSPS) is 16.8. The predicted octanol–water partition coefficient (Wildman–Crippen LogP) is 4.30. The van der Waals surface area contributed by atoms with Crippen LogP contribution in [0.5, 0.6) is 5.75 Å². The first-order chi connectivity index (χ1) is 11.1. The Bertz CT molecular complexity index is 529. The van der Waals surface area contributed by atoms with Gasteiger partial charge in [0.15, 0.2) is 0 Å². The molecule has 2 N–H and O–H groups in total. The Morgan fingerprint density at radius 3 is 2.67 bits per heavy atom. The highest BCUT2D eigenvalue weighted by molar-refractivity contribution is 6.42. The molecule has 0 saturated carbocycles. The first kappa shape index (κ1) is 21.4. The highest BCUT2D eigenvalue weighted by Gasteiger charge is 2.27. The fraction of sp³-hybridized carbons (Fsp3) is 0.588. The average Bonchev–Trinajstić information content (AvgIpc) is 2.99. The molecule has 1 aromatic rings. The lowest BCUT2D eigenvalue weighted by atomic mass is 10.1. The topological polar surface area (TPSA) is 55.6 Å². The van der Waals surface area contributed by atoms with Crippen molar-refractivity contribution < 1.29 is 9.53 Å². The van der Waals surface area contributed by atoms with Gasteiger partial charge < -0.3 is 15.4 Å². The third-order valence-electron chi connectivity index (χ3n) is 4.04. The molecule has 0 radical (unpaired) electrons. The van der Waals surface area contributed by atoms with Crippen molar-refractivity contribution in [3.05, 3.63) is 28.2 Å². The maximum absolute atomic E-state index is 12.2. The van der Waals surface area contributed by atoms with Crippen LogP contribution >= 0.6 is 35.6 Å². The van der Waals surface area contributed by atoms with Gasteiger partial charge in [0.25, 0.3) is 0 Å². The van der Waals surface area contributed by atoms with Crippen LogP contribution in [0.2, 0.25) is 10.0 Å². The van der Waals surface area contributed by atoms with E-state index in [1.807, 2.05) is 4.90 Å². The molecule has 1 amide bonds. The first-order valence-electron chi connectivity index (χ1n) is 8.19. The second kappa shape index (κ2) is 11.0. The van der Waals surface area contributed by atoms with E-state index >= 15 is 0 Å². The van der Waals surface area contributed by atoms with Gasteiger partial charge in [-0.15, -0.1) is 12.4 Å². The summed E-state index contributed by atoms with van der Waals surface area (Å²) in [7, 11) is 0. The molecule has 2 rings (SSSR count). The van der Waals surface area contributed by atoms with Crippen molar-refractivity contribution in [3.63, 3.8) is 0 Å². The van der Waals surface area contributed by atoms with Crippen molar-refractivity contribution >= 4 is 41.5 Å². The van der Waals surface area contributed by atoms with E-state index in [1.54, 1.807) is 18.2 Å². The number of benzene rings is 1. The molecular weight excluding hydrogens is 371 g/mol. The zero-order chi connectivity index (χ0) is 16.7. The molecule has 4 nitrogen and oxygen atoms in total. The lowest BCUT2D eigenvalue weighted by Crippen LogP contribution is -2.30. The molecule has 0 aliphatic carbocycles. The minimum absolute atomic E-state index is 0. The Morgan fingerprint density at radius 1 is 1.21 bits per heavy atom. The predicted molar refractivity (Wildman–Crippen MR) is 101 cm³/mol. The SMILES string of the molecule is Cl.NCCCCCCC(=O)N1CCC(Oc2ccc(Cl)c(Cl)c2)C1. The molecule has 1 aliphatic heterocycles. The van der Waals surface area contributed by atoms with Crippen molar-refractivity contribution in [2.24, 2.45) is 5.73 Å². The minimum Gasteiger partial charge on any atom is -0.488 e. The third-order valence-corrected chi connectivity index (χ3v) is 4.78. The van der Waals surface area contributed by atoms with E-state index in [9.17, 15) is 4.79 Å². The number of carbonyl (C=O) groups is 1. The van der Waals surface area contributed by atoms with Gasteiger partial charge in [0.2, 0.25) is 5.91 Å². The second-order valence-electron chi connectivity index (χ2n) is 5.90. The highest BCUT2D eigenvalue weighted by Crippen LogP contribution is 2.28. The van der Waals surface area contributed by atoms with Crippen LogP contribution in [0.25, 0.3) is 0 Å². The summed E-state index contributed by atoms with van der Waals surface area (Å²) in [5, 5.41) is 0.990. The monoisotopic (exact) mass is 394 g/mol. The van der Waals surface area contributed by atoms with Gasteiger partial charge in [-0.25, -0.2) is 0 Å². The summed E-state index contributed by atoms with van der Waals surface area (Å²) in [6, 6.07) is 5.24. The average molecular weight is 396 g/mol. The molecule has 1 heterocycles. The quantitative estimate of drug-likeness (QED) is 0.667. The highest BCUT2D eigenvalue weighted by atomic mass is 35.5. The van der Waals surface area contributed by atoms with Gasteiger partial charge >= 0.3 is 0 Å². The van der Waals surface area contributed by atoms with Gasteiger partial charge in [0.1, 0.15) is 11.9 Å². The molecular formula is C17H25Cl3N2O2. The number of hydrogen-bond donors (Lipinski definition) is 1. The summed E-state index contributed by atoms with van der Waals surface area (Å²) in [4.78, 5) is 14.1. The Hall–Kier alpha value is -0.680. The molecule has 1 unspecified atom stereocenters. The van der Waals surface area contributed by atoms with Crippen LogP contribution in [0, 0.1) is 0 Å². The number of ether oxygens (including phenoxy) is 1. The molecule has 1 saturated heterocycles. The standard InChI is InChI=1S/C17H24Cl2N2O2.ClH/c18-15-7-6-13(11-16(15)19)23-14-8-10-21(12-14)17(22)5-3-1-2-4-9-20;/h6-7,11,14H,1-5,8-10,12,20H2;1H. The van der Waals surface area contributed by atoms with E-state index in [0.29, 0.717) is 28.8 Å². The van der Waals surface area contributed by atoms with Crippen LogP contribution in [0.3, 0.4) is 0 Å². The number of amides is 1. The molecule has 136 valence electrons. The third kappa shape index (κ3) is 6.67. The van der Waals surface area contributed by atoms with E-state index in [0.717, 1.165) is 45.2 Å². The lowest BCUT2D eigenvalue weighted by molar-refractivity contribution is -0.130. The van der Waals surface area contributed by atoms with Crippen molar-refractivity contribution in [2.75, 3.05) is 19.6 Å². The summed E-state index contributed by atoms with van der Waals surface area (Å²) >= 11 is 11.9. The fourth-order valence-corrected chi connectivity index (χ4v) is 3.01. The van der Waals surface area contributed by atoms with Crippen LogP contribution in [-0.2, 0) is 4.79 Å². The van der Waals surface area contributed by atoms with E-state index in [1.165, 1.54) is 0 Å². The summed E-state index contributed by atoms with van der Waals surface area (Å²) < 4.78 is 5.90. The number of carbonyl (C=O) groups excluding carboxylic acids is 1. The van der Waals surface area contributed by atoms with Gasteiger partial charge in [-0.3, -0.25) is 4.79 Å². The zero-order valence-electron chi connectivity index (χ0n) is 13.7. The summed E-state index contributed by atoms with van der Waals surface area (Å²) in [6.07, 6.45) is 5.63. The first-order valence-corrected chi connectivity index (χ1v) is 8.95. The van der Waals surface area contributed by atoms with Crippen molar-refractivity contribution in [1.29, 1.82) is 0 Å². The molecule has 0 aromatic heterocycles. The van der Waals surface area contributed by atoms with Gasteiger partial charge in [-0.05, 0) is 31.5 Å². The molecule has 1 aliphatic rings. The largest absolute Gasteiger partial charge is 0.488 e. The van der Waals surface area contributed by atoms with Crippen LogP contribution in [0.15, 0.2) is 18.2 Å². The number of rotatable bonds is 8. The molecule has 0 spiro atoms. The number of nitrogens with zero attached hydrogens (tertiary/aromatic N) is 1. The smallest absolute Gasteiger partial charge is 0.222 e. The number of hydrogen-bond acceptors (Lipinski definition) is 3. The van der Waals surface area contributed by atoms with Crippen molar-refractivity contribution in [1.82, 2.24) is 4.90 Å². The van der Waals surface area contributed by atoms with Gasteiger partial charge in [0, 0.05) is 25.5 Å². The summed E-state index contributed by atoms with van der Waals surface area (Å²) in [5.74, 6) is 0.915. The van der Waals surface area contributed by atoms with E-state index in [4.69, 9.17) is 33.7 Å². The van der Waals surface area contributed by atoms with Crippen LogP contribution in [0.1, 0.15) is 38.5 Å². The zero-order valence-corrected chi connectivity index (χ0v) is 16.0.